The molecule has 5 nitrogen and oxygen atoms in total. The Hall–Kier alpha value is -1.88. The lowest BCUT2D eigenvalue weighted by Gasteiger charge is -2.31. The van der Waals surface area contributed by atoms with Crippen LogP contribution in [0.4, 0.5) is 5.69 Å². The smallest absolute Gasteiger partial charge is 0.307 e. The number of carbonyl (C=O) groups excluding carboxylic acids is 2. The van der Waals surface area contributed by atoms with Crippen molar-refractivity contribution in [3.63, 3.8) is 0 Å². The molecule has 0 saturated carbocycles. The maximum absolute atomic E-state index is 12.4. The molecule has 0 saturated heterocycles. The molecule has 116 valence electrons. The zero-order valence-electron chi connectivity index (χ0n) is 13.3. The number of rotatable bonds is 6. The van der Waals surface area contributed by atoms with Crippen LogP contribution in [0.5, 0.6) is 0 Å². The van der Waals surface area contributed by atoms with Crippen LogP contribution in [0.25, 0.3) is 0 Å². The van der Waals surface area contributed by atoms with Crippen molar-refractivity contribution in [2.24, 2.45) is 0 Å². The van der Waals surface area contributed by atoms with Gasteiger partial charge in [0, 0.05) is 18.8 Å². The van der Waals surface area contributed by atoms with E-state index in [1.165, 1.54) is 14.2 Å². The average Bonchev–Trinajstić information content (AvgIpc) is 2.42. The molecule has 0 aromatic heterocycles. The van der Waals surface area contributed by atoms with Crippen LogP contribution in [0.3, 0.4) is 0 Å². The molecule has 0 aliphatic rings. The van der Waals surface area contributed by atoms with Gasteiger partial charge in [0.1, 0.15) is 6.61 Å². The highest BCUT2D eigenvalue weighted by Crippen LogP contribution is 2.27. The number of hydrogen-bond acceptors (Lipinski definition) is 4. The molecular weight excluding hydrogens is 270 g/mol. The number of amides is 1. The van der Waals surface area contributed by atoms with Crippen molar-refractivity contribution >= 4 is 17.6 Å². The molecule has 1 aromatic rings. The fourth-order valence-electron chi connectivity index (χ4n) is 2.39. The monoisotopic (exact) mass is 293 g/mol. The zero-order valence-corrected chi connectivity index (χ0v) is 13.3. The molecule has 1 rings (SSSR count). The largest absolute Gasteiger partial charge is 0.469 e. The number of esters is 1. The van der Waals surface area contributed by atoms with Gasteiger partial charge in [0.2, 0.25) is 0 Å². The number of carbonyl (C=O) groups is 2. The van der Waals surface area contributed by atoms with Gasteiger partial charge in [-0.05, 0) is 31.9 Å². The molecule has 0 N–H and O–H groups in total. The molecule has 0 heterocycles. The predicted octanol–water partition coefficient (Wildman–Crippen LogP) is 2.23. The van der Waals surface area contributed by atoms with Crippen molar-refractivity contribution in [1.29, 1.82) is 0 Å². The summed E-state index contributed by atoms with van der Waals surface area (Å²) in [5, 5.41) is 0. The molecule has 0 radical (unpaired) electrons. The highest BCUT2D eigenvalue weighted by atomic mass is 16.5. The van der Waals surface area contributed by atoms with Gasteiger partial charge in [0.15, 0.2) is 0 Å². The highest BCUT2D eigenvalue weighted by molar-refractivity contribution is 5.97. The predicted molar refractivity (Wildman–Crippen MR) is 81.4 cm³/mol. The number of hydrogen-bond donors (Lipinski definition) is 0. The van der Waals surface area contributed by atoms with E-state index in [9.17, 15) is 9.59 Å². The lowest BCUT2D eigenvalue weighted by molar-refractivity contribution is -0.141. The summed E-state index contributed by atoms with van der Waals surface area (Å²) in [6, 6.07) is 5.53. The Balaban J connectivity index is 3.19. The van der Waals surface area contributed by atoms with E-state index in [4.69, 9.17) is 9.47 Å². The molecule has 1 aromatic carbocycles. The fourth-order valence-corrected chi connectivity index (χ4v) is 2.39. The van der Waals surface area contributed by atoms with Crippen LogP contribution in [0.2, 0.25) is 0 Å². The van der Waals surface area contributed by atoms with E-state index >= 15 is 0 Å². The van der Waals surface area contributed by atoms with Gasteiger partial charge in [-0.25, -0.2) is 0 Å². The topological polar surface area (TPSA) is 55.8 Å². The van der Waals surface area contributed by atoms with E-state index in [1.807, 2.05) is 39.0 Å². The van der Waals surface area contributed by atoms with Gasteiger partial charge < -0.3 is 14.4 Å². The van der Waals surface area contributed by atoms with Gasteiger partial charge in [0.05, 0.1) is 13.5 Å². The highest BCUT2D eigenvalue weighted by Gasteiger charge is 2.26. The third-order valence-corrected chi connectivity index (χ3v) is 3.35. The number of nitrogens with zero attached hydrogens (tertiary/aromatic N) is 1. The molecule has 0 bridgehead atoms. The second-order valence-corrected chi connectivity index (χ2v) is 5.07. The summed E-state index contributed by atoms with van der Waals surface area (Å²) in [6.07, 6.45) is 0.139. The summed E-state index contributed by atoms with van der Waals surface area (Å²) in [5.41, 5.74) is 2.79. The number of para-hydroxylation sites is 1. The maximum atomic E-state index is 12.4. The van der Waals surface area contributed by atoms with Crippen molar-refractivity contribution in [1.82, 2.24) is 0 Å². The van der Waals surface area contributed by atoms with Gasteiger partial charge in [-0.1, -0.05) is 18.2 Å². The summed E-state index contributed by atoms with van der Waals surface area (Å²) < 4.78 is 9.66. The SMILES string of the molecule is COCC(=O)N(c1c(C)cccc1C)[C@H](C)CC(=O)OC. The van der Waals surface area contributed by atoms with Crippen LogP contribution in [-0.2, 0) is 19.1 Å². The van der Waals surface area contributed by atoms with Gasteiger partial charge in [0.25, 0.3) is 5.91 Å². The minimum Gasteiger partial charge on any atom is -0.469 e. The van der Waals surface area contributed by atoms with Crippen molar-refractivity contribution in [2.75, 3.05) is 25.7 Å². The molecule has 5 heteroatoms. The van der Waals surface area contributed by atoms with Crippen LogP contribution >= 0.6 is 0 Å². The first-order valence-corrected chi connectivity index (χ1v) is 6.86. The molecule has 1 amide bonds. The summed E-state index contributed by atoms with van der Waals surface area (Å²) in [6.45, 7) is 5.69. The van der Waals surface area contributed by atoms with Gasteiger partial charge in [-0.3, -0.25) is 9.59 Å². The maximum Gasteiger partial charge on any atom is 0.307 e. The van der Waals surface area contributed by atoms with E-state index in [0.717, 1.165) is 16.8 Å². The molecule has 0 aliphatic carbocycles. The van der Waals surface area contributed by atoms with Crippen LogP contribution in [0, 0.1) is 13.8 Å². The second kappa shape index (κ2) is 7.78. The van der Waals surface area contributed by atoms with Crippen LogP contribution < -0.4 is 4.90 Å². The zero-order chi connectivity index (χ0) is 16.0. The van der Waals surface area contributed by atoms with Crippen LogP contribution in [0.15, 0.2) is 18.2 Å². The number of aryl methyl sites for hydroxylation is 2. The van der Waals surface area contributed by atoms with Crippen molar-refractivity contribution in [3.8, 4) is 0 Å². The summed E-state index contributed by atoms with van der Waals surface area (Å²) in [5.74, 6) is -0.518. The van der Waals surface area contributed by atoms with Crippen molar-refractivity contribution in [2.45, 2.75) is 33.2 Å². The average molecular weight is 293 g/mol. The normalized spacial score (nSPS) is 11.9. The van der Waals surface area contributed by atoms with E-state index in [1.54, 1.807) is 4.90 Å². The lowest BCUT2D eigenvalue weighted by atomic mass is 10.0. The molecule has 0 spiro atoms. The minimum absolute atomic E-state index is 0.0285. The Kier molecular flexibility index (Phi) is 6.37. The van der Waals surface area contributed by atoms with E-state index in [0.29, 0.717) is 0 Å². The minimum atomic E-state index is -0.344. The number of methoxy groups -OCH3 is 2. The number of benzene rings is 1. The van der Waals surface area contributed by atoms with Gasteiger partial charge >= 0.3 is 5.97 Å². The third-order valence-electron chi connectivity index (χ3n) is 3.35. The standard InChI is InChI=1S/C16H23NO4/c1-11-7-6-8-12(2)16(11)17(14(18)10-20-4)13(3)9-15(19)21-5/h6-8,13H,9-10H2,1-5H3/t13-/m1/s1. The summed E-state index contributed by atoms with van der Waals surface area (Å²) in [4.78, 5) is 25.6. The van der Waals surface area contributed by atoms with E-state index in [-0.39, 0.29) is 30.9 Å². The van der Waals surface area contributed by atoms with Gasteiger partial charge in [-0.15, -0.1) is 0 Å². The Labute approximate surface area is 125 Å². The second-order valence-electron chi connectivity index (χ2n) is 5.07. The molecule has 0 fully saturated rings. The summed E-state index contributed by atoms with van der Waals surface area (Å²) >= 11 is 0. The van der Waals surface area contributed by atoms with Crippen molar-refractivity contribution in [3.05, 3.63) is 29.3 Å². The number of ether oxygens (including phenoxy) is 2. The Morgan fingerprint density at radius 1 is 1.19 bits per heavy atom. The van der Waals surface area contributed by atoms with Crippen LogP contribution in [-0.4, -0.2) is 38.7 Å². The number of anilines is 1. The third kappa shape index (κ3) is 4.29. The van der Waals surface area contributed by atoms with Crippen LogP contribution in [0.1, 0.15) is 24.5 Å². The van der Waals surface area contributed by atoms with Gasteiger partial charge in [-0.2, -0.15) is 0 Å². The van der Waals surface area contributed by atoms with Crippen molar-refractivity contribution < 1.29 is 19.1 Å². The quantitative estimate of drug-likeness (QED) is 0.755. The van der Waals surface area contributed by atoms with E-state index < -0.39 is 0 Å². The first-order valence-electron chi connectivity index (χ1n) is 6.86. The molecule has 21 heavy (non-hydrogen) atoms. The summed E-state index contributed by atoms with van der Waals surface area (Å²) in [7, 11) is 2.82. The Morgan fingerprint density at radius 2 is 1.76 bits per heavy atom. The Morgan fingerprint density at radius 3 is 2.24 bits per heavy atom. The molecule has 1 atom stereocenters. The fraction of sp³-hybridized carbons (Fsp3) is 0.500. The molecular formula is C16H23NO4. The van der Waals surface area contributed by atoms with E-state index in [2.05, 4.69) is 0 Å². The lowest BCUT2D eigenvalue weighted by Crippen LogP contribution is -2.43. The molecule has 0 aliphatic heterocycles. The Bertz CT molecular complexity index is 493. The first-order chi connectivity index (χ1) is 9.92. The first kappa shape index (κ1) is 17.2. The molecule has 0 unspecified atom stereocenters.